The highest BCUT2D eigenvalue weighted by atomic mass is 31.1. The molecule has 0 saturated heterocycles. The molecule has 0 rings (SSSR count). The van der Waals surface area contributed by atoms with Crippen molar-refractivity contribution in [3.05, 3.63) is 0 Å². The van der Waals surface area contributed by atoms with Crippen LogP contribution in [-0.2, 0) is 0 Å². The molecule has 12 heavy (non-hydrogen) atoms. The van der Waals surface area contributed by atoms with Crippen LogP contribution in [0.5, 0.6) is 0 Å². The van der Waals surface area contributed by atoms with Crippen molar-refractivity contribution < 1.29 is 0 Å². The predicted octanol–water partition coefficient (Wildman–Crippen LogP) is 3.20. The fourth-order valence-electron chi connectivity index (χ4n) is 1.23. The maximum Gasteiger partial charge on any atom is 0.0182 e. The average molecular weight is 189 g/mol. The van der Waals surface area contributed by atoms with E-state index in [4.69, 9.17) is 0 Å². The van der Waals surface area contributed by atoms with Crippen molar-refractivity contribution in [2.45, 2.75) is 39.3 Å². The van der Waals surface area contributed by atoms with E-state index in [0.717, 1.165) is 0 Å². The van der Waals surface area contributed by atoms with Gasteiger partial charge in [0, 0.05) is 6.29 Å². The van der Waals surface area contributed by atoms with Gasteiger partial charge in [0.1, 0.15) is 0 Å². The van der Waals surface area contributed by atoms with E-state index in [9.17, 15) is 0 Å². The van der Waals surface area contributed by atoms with Crippen LogP contribution >= 0.6 is 7.92 Å². The molecule has 0 aromatic heterocycles. The third-order valence-electron chi connectivity index (χ3n) is 1.90. The van der Waals surface area contributed by atoms with Gasteiger partial charge in [-0.05, 0) is 25.4 Å². The molecule has 0 fully saturated rings. The van der Waals surface area contributed by atoms with Gasteiger partial charge in [-0.15, -0.1) is 0 Å². The molecule has 1 unspecified atom stereocenters. The molecule has 1 atom stereocenters. The highest BCUT2D eigenvalue weighted by Crippen LogP contribution is 2.49. The average Bonchev–Trinajstić information content (AvgIpc) is 1.83. The first kappa shape index (κ1) is 12.4. The van der Waals surface area contributed by atoms with Gasteiger partial charge in [-0.3, -0.25) is 0 Å². The standard InChI is InChI=1S/C10H24NP/c1-7-8-12(9-11(5)6)10(2,3)4/h7-9H2,1-6H3. The lowest BCUT2D eigenvalue weighted by molar-refractivity contribution is 0.476. The van der Waals surface area contributed by atoms with Crippen molar-refractivity contribution in [3.63, 3.8) is 0 Å². The Kier molecular flexibility index (Phi) is 5.36. The second kappa shape index (κ2) is 5.19. The fraction of sp³-hybridized carbons (Fsp3) is 1.00. The molecule has 0 amide bonds. The summed E-state index contributed by atoms with van der Waals surface area (Å²) in [5.41, 5.74) is 0. The smallest absolute Gasteiger partial charge is 0.0182 e. The molecule has 0 bridgehead atoms. The zero-order valence-electron chi connectivity index (χ0n) is 9.52. The van der Waals surface area contributed by atoms with Crippen LogP contribution in [0.15, 0.2) is 0 Å². The van der Waals surface area contributed by atoms with Gasteiger partial charge in [0.15, 0.2) is 0 Å². The van der Waals surface area contributed by atoms with Gasteiger partial charge in [0.25, 0.3) is 0 Å². The highest BCUT2D eigenvalue weighted by Gasteiger charge is 2.23. The molecule has 0 aliphatic carbocycles. The van der Waals surface area contributed by atoms with Crippen molar-refractivity contribution in [2.24, 2.45) is 0 Å². The number of rotatable bonds is 4. The Morgan fingerprint density at radius 1 is 1.17 bits per heavy atom. The van der Waals surface area contributed by atoms with Crippen molar-refractivity contribution in [1.29, 1.82) is 0 Å². The second-order valence-electron chi connectivity index (χ2n) is 4.66. The van der Waals surface area contributed by atoms with E-state index in [1.54, 1.807) is 0 Å². The molecular weight excluding hydrogens is 165 g/mol. The minimum absolute atomic E-state index is 0.185. The van der Waals surface area contributed by atoms with Crippen molar-refractivity contribution >= 4 is 7.92 Å². The van der Waals surface area contributed by atoms with Gasteiger partial charge in [-0.25, -0.2) is 0 Å². The first-order chi connectivity index (χ1) is 5.38. The zero-order valence-corrected chi connectivity index (χ0v) is 10.4. The van der Waals surface area contributed by atoms with Crippen molar-refractivity contribution in [1.82, 2.24) is 4.90 Å². The first-order valence-electron chi connectivity index (χ1n) is 4.77. The number of hydrogen-bond donors (Lipinski definition) is 0. The molecule has 0 aliphatic rings. The molecule has 0 spiro atoms. The van der Waals surface area contributed by atoms with Crippen LogP contribution in [0, 0.1) is 0 Å². The Bertz CT molecular complexity index is 115. The lowest BCUT2D eigenvalue weighted by Crippen LogP contribution is -2.22. The number of hydrogen-bond acceptors (Lipinski definition) is 1. The van der Waals surface area contributed by atoms with E-state index in [0.29, 0.717) is 5.16 Å². The monoisotopic (exact) mass is 189 g/mol. The van der Waals surface area contributed by atoms with E-state index in [1.807, 2.05) is 0 Å². The third kappa shape index (κ3) is 5.11. The molecule has 74 valence electrons. The van der Waals surface area contributed by atoms with Crippen LogP contribution < -0.4 is 0 Å². The molecule has 0 aromatic carbocycles. The second-order valence-corrected chi connectivity index (χ2v) is 7.81. The van der Waals surface area contributed by atoms with Crippen LogP contribution in [0.4, 0.5) is 0 Å². The van der Waals surface area contributed by atoms with Crippen LogP contribution in [0.3, 0.4) is 0 Å². The van der Waals surface area contributed by atoms with Crippen molar-refractivity contribution in [2.75, 3.05) is 26.5 Å². The SMILES string of the molecule is CCCP(CN(C)C)C(C)(C)C. The van der Waals surface area contributed by atoms with Gasteiger partial charge in [0.05, 0.1) is 0 Å². The molecule has 0 saturated carbocycles. The van der Waals surface area contributed by atoms with Gasteiger partial charge in [0.2, 0.25) is 0 Å². The van der Waals surface area contributed by atoms with Gasteiger partial charge in [-0.1, -0.05) is 42.0 Å². The summed E-state index contributed by atoms with van der Waals surface area (Å²) in [4.78, 5) is 2.33. The zero-order chi connectivity index (χ0) is 9.78. The summed E-state index contributed by atoms with van der Waals surface area (Å²) >= 11 is 0. The third-order valence-corrected chi connectivity index (χ3v) is 5.69. The van der Waals surface area contributed by atoms with E-state index >= 15 is 0 Å². The lowest BCUT2D eigenvalue weighted by atomic mass is 10.3. The minimum atomic E-state index is 0.185. The quantitative estimate of drug-likeness (QED) is 0.614. The summed E-state index contributed by atoms with van der Waals surface area (Å²) in [6, 6.07) is 0. The summed E-state index contributed by atoms with van der Waals surface area (Å²) in [5, 5.41) is 0.523. The van der Waals surface area contributed by atoms with Crippen LogP contribution in [0.25, 0.3) is 0 Å². The Morgan fingerprint density at radius 2 is 1.67 bits per heavy atom. The Balaban J connectivity index is 4.04. The summed E-state index contributed by atoms with van der Waals surface area (Å²) in [7, 11) is 4.54. The maximum absolute atomic E-state index is 2.37. The lowest BCUT2D eigenvalue weighted by Gasteiger charge is -2.33. The van der Waals surface area contributed by atoms with Gasteiger partial charge in [-0.2, -0.15) is 0 Å². The largest absolute Gasteiger partial charge is 0.305 e. The topological polar surface area (TPSA) is 3.24 Å². The fourth-order valence-corrected chi connectivity index (χ4v) is 3.69. The van der Waals surface area contributed by atoms with Crippen LogP contribution in [0.1, 0.15) is 34.1 Å². The minimum Gasteiger partial charge on any atom is -0.305 e. The maximum atomic E-state index is 2.37. The van der Waals surface area contributed by atoms with Gasteiger partial charge < -0.3 is 4.90 Å². The summed E-state index contributed by atoms with van der Waals surface area (Å²) in [5.74, 6) is 0. The van der Waals surface area contributed by atoms with Gasteiger partial charge >= 0.3 is 0 Å². The molecule has 0 aromatic rings. The Labute approximate surface area is 79.3 Å². The normalized spacial score (nSPS) is 15.2. The Hall–Kier alpha value is 0.390. The molecule has 0 aliphatic heterocycles. The Morgan fingerprint density at radius 3 is 1.92 bits per heavy atom. The summed E-state index contributed by atoms with van der Waals surface area (Å²) < 4.78 is 0. The van der Waals surface area contributed by atoms with E-state index in [-0.39, 0.29) is 7.92 Å². The summed E-state index contributed by atoms with van der Waals surface area (Å²) in [6.45, 7) is 9.41. The molecular formula is C10H24NP. The van der Waals surface area contributed by atoms with Crippen LogP contribution in [0.2, 0.25) is 0 Å². The molecule has 1 nitrogen and oxygen atoms in total. The van der Waals surface area contributed by atoms with Crippen LogP contribution in [-0.4, -0.2) is 36.6 Å². The molecule has 0 N–H and O–H groups in total. The van der Waals surface area contributed by atoms with E-state index in [1.165, 1.54) is 18.9 Å². The molecule has 0 heterocycles. The summed E-state index contributed by atoms with van der Waals surface area (Å²) in [6.07, 6.45) is 4.03. The molecule has 2 heteroatoms. The van der Waals surface area contributed by atoms with Crippen molar-refractivity contribution in [3.8, 4) is 0 Å². The predicted molar refractivity (Wildman–Crippen MR) is 60.4 cm³/mol. The highest BCUT2D eigenvalue weighted by molar-refractivity contribution is 7.59. The number of nitrogens with zero attached hydrogens (tertiary/aromatic N) is 1. The molecule has 0 radical (unpaired) electrons. The van der Waals surface area contributed by atoms with E-state index in [2.05, 4.69) is 46.7 Å². The first-order valence-corrected chi connectivity index (χ1v) is 6.49. The van der Waals surface area contributed by atoms with E-state index < -0.39 is 0 Å².